The van der Waals surface area contributed by atoms with E-state index >= 15 is 0 Å². The maximum Gasteiger partial charge on any atom is 0.508 e. The molecular formula is C15H20O7. The van der Waals surface area contributed by atoms with Gasteiger partial charge >= 0.3 is 18.1 Å². The van der Waals surface area contributed by atoms with Crippen LogP contribution in [0.5, 0.6) is 0 Å². The predicted molar refractivity (Wildman–Crippen MR) is 76.6 cm³/mol. The molecule has 0 atom stereocenters. The summed E-state index contributed by atoms with van der Waals surface area (Å²) in [6.07, 6.45) is 2.15. The summed E-state index contributed by atoms with van der Waals surface area (Å²) < 4.78 is 18.4. The third-order valence-electron chi connectivity index (χ3n) is 2.82. The predicted octanol–water partition coefficient (Wildman–Crippen LogP) is 1.46. The van der Waals surface area contributed by atoms with Crippen molar-refractivity contribution < 1.29 is 33.3 Å². The molecule has 0 aliphatic rings. The highest BCUT2D eigenvalue weighted by Crippen LogP contribution is 2.30. The highest BCUT2D eigenvalue weighted by Gasteiger charge is 2.47. The molecule has 0 aliphatic carbocycles. The van der Waals surface area contributed by atoms with E-state index in [1.54, 1.807) is 6.92 Å². The molecule has 0 bridgehead atoms. The van der Waals surface area contributed by atoms with Crippen molar-refractivity contribution in [3.63, 3.8) is 0 Å². The average molecular weight is 312 g/mol. The van der Waals surface area contributed by atoms with E-state index < -0.39 is 23.5 Å². The second-order valence-corrected chi connectivity index (χ2v) is 4.11. The van der Waals surface area contributed by atoms with E-state index in [0.29, 0.717) is 0 Å². The smallest absolute Gasteiger partial charge is 0.468 e. The fourth-order valence-electron chi connectivity index (χ4n) is 1.62. The first-order valence-electron chi connectivity index (χ1n) is 6.40. The third kappa shape index (κ3) is 5.48. The van der Waals surface area contributed by atoms with Crippen molar-refractivity contribution in [3.8, 4) is 11.8 Å². The van der Waals surface area contributed by atoms with Crippen molar-refractivity contribution in [1.29, 1.82) is 0 Å². The standard InChI is InChI=1S/C15H20O7/c1-5-6-9-15(12(16)19-2,13(17)20-3)10-7-8-11-22-14(18)21-4/h7-8H,9-11H2,1-4H3/b8-7-. The number of allylic oxidation sites excluding steroid dienone is 1. The van der Waals surface area contributed by atoms with E-state index in [0.717, 1.165) is 0 Å². The first-order chi connectivity index (χ1) is 10.5. The number of ether oxygens (including phenoxy) is 4. The number of hydrogen-bond donors (Lipinski definition) is 0. The molecule has 0 heterocycles. The van der Waals surface area contributed by atoms with Gasteiger partial charge in [0.05, 0.1) is 21.3 Å². The summed E-state index contributed by atoms with van der Waals surface area (Å²) in [7, 11) is 3.56. The van der Waals surface area contributed by atoms with Crippen LogP contribution in [0.2, 0.25) is 0 Å². The maximum absolute atomic E-state index is 12.0. The zero-order valence-corrected chi connectivity index (χ0v) is 13.1. The Hall–Kier alpha value is -2.49. The van der Waals surface area contributed by atoms with E-state index in [4.69, 9.17) is 9.47 Å². The summed E-state index contributed by atoms with van der Waals surface area (Å²) in [4.78, 5) is 34.8. The number of methoxy groups -OCH3 is 3. The van der Waals surface area contributed by atoms with Gasteiger partial charge in [-0.05, 0) is 13.3 Å². The van der Waals surface area contributed by atoms with Gasteiger partial charge in [0.15, 0.2) is 5.41 Å². The molecule has 7 heteroatoms. The molecule has 122 valence electrons. The van der Waals surface area contributed by atoms with Gasteiger partial charge < -0.3 is 18.9 Å². The topological polar surface area (TPSA) is 88.1 Å². The van der Waals surface area contributed by atoms with Gasteiger partial charge in [-0.1, -0.05) is 12.2 Å². The second kappa shape index (κ2) is 10.3. The Balaban J connectivity index is 5.08. The van der Waals surface area contributed by atoms with Gasteiger partial charge in [0.1, 0.15) is 6.61 Å². The first kappa shape index (κ1) is 19.5. The molecule has 0 aromatic carbocycles. The van der Waals surface area contributed by atoms with Gasteiger partial charge in [0.2, 0.25) is 0 Å². The number of carbonyl (C=O) groups is 3. The monoisotopic (exact) mass is 312 g/mol. The molecule has 0 aromatic heterocycles. The highest BCUT2D eigenvalue weighted by molar-refractivity contribution is 6.00. The van der Waals surface area contributed by atoms with Crippen molar-refractivity contribution in [2.75, 3.05) is 27.9 Å². The molecule has 0 unspecified atom stereocenters. The van der Waals surface area contributed by atoms with Crippen LogP contribution >= 0.6 is 0 Å². The van der Waals surface area contributed by atoms with E-state index in [-0.39, 0.29) is 19.4 Å². The van der Waals surface area contributed by atoms with Crippen LogP contribution in [0.1, 0.15) is 19.8 Å². The Morgan fingerprint density at radius 1 is 1.00 bits per heavy atom. The average Bonchev–Trinajstić information content (AvgIpc) is 2.55. The molecule has 0 rings (SSSR count). The van der Waals surface area contributed by atoms with Crippen LogP contribution in [0.15, 0.2) is 12.2 Å². The molecule has 0 aliphatic heterocycles. The molecule has 22 heavy (non-hydrogen) atoms. The summed E-state index contributed by atoms with van der Waals surface area (Å²) in [5, 5.41) is 0. The van der Waals surface area contributed by atoms with Gasteiger partial charge in [-0.3, -0.25) is 9.59 Å². The van der Waals surface area contributed by atoms with E-state index in [1.807, 2.05) is 0 Å². The van der Waals surface area contributed by atoms with Crippen LogP contribution < -0.4 is 0 Å². The summed E-state index contributed by atoms with van der Waals surface area (Å²) in [6.45, 7) is 1.55. The Kier molecular flexibility index (Phi) is 9.11. The lowest BCUT2D eigenvalue weighted by Crippen LogP contribution is -2.40. The molecule has 0 radical (unpaired) electrons. The quantitative estimate of drug-likeness (QED) is 0.231. The van der Waals surface area contributed by atoms with Crippen molar-refractivity contribution in [1.82, 2.24) is 0 Å². The fraction of sp³-hybridized carbons (Fsp3) is 0.533. The largest absolute Gasteiger partial charge is 0.508 e. The lowest BCUT2D eigenvalue weighted by atomic mass is 9.81. The summed E-state index contributed by atoms with van der Waals surface area (Å²) >= 11 is 0. The van der Waals surface area contributed by atoms with E-state index in [2.05, 4.69) is 21.3 Å². The van der Waals surface area contributed by atoms with Crippen LogP contribution in [-0.4, -0.2) is 46.0 Å². The van der Waals surface area contributed by atoms with Crippen LogP contribution in [0.4, 0.5) is 4.79 Å². The highest BCUT2D eigenvalue weighted by atomic mass is 16.7. The summed E-state index contributed by atoms with van der Waals surface area (Å²) in [5.74, 6) is 3.86. The molecule has 0 fully saturated rings. The Morgan fingerprint density at radius 3 is 2.05 bits per heavy atom. The first-order valence-corrected chi connectivity index (χ1v) is 6.40. The van der Waals surface area contributed by atoms with Gasteiger partial charge in [-0.15, -0.1) is 11.8 Å². The Morgan fingerprint density at radius 2 is 1.59 bits per heavy atom. The minimum Gasteiger partial charge on any atom is -0.468 e. The maximum atomic E-state index is 12.0. The molecule has 0 aromatic rings. The van der Waals surface area contributed by atoms with Crippen LogP contribution in [0.25, 0.3) is 0 Å². The molecule has 0 saturated carbocycles. The van der Waals surface area contributed by atoms with Crippen molar-refractivity contribution in [2.24, 2.45) is 5.41 Å². The molecule has 7 nitrogen and oxygen atoms in total. The molecule has 0 spiro atoms. The summed E-state index contributed by atoms with van der Waals surface area (Å²) in [5.41, 5.74) is -1.55. The van der Waals surface area contributed by atoms with Crippen LogP contribution in [0, 0.1) is 17.3 Å². The zero-order chi connectivity index (χ0) is 17.0. The van der Waals surface area contributed by atoms with Gasteiger partial charge in [0.25, 0.3) is 0 Å². The van der Waals surface area contributed by atoms with Gasteiger partial charge in [0, 0.05) is 6.42 Å². The van der Waals surface area contributed by atoms with Gasteiger partial charge in [-0.25, -0.2) is 4.79 Å². The lowest BCUT2D eigenvalue weighted by Gasteiger charge is -2.24. The number of rotatable bonds is 7. The van der Waals surface area contributed by atoms with E-state index in [9.17, 15) is 14.4 Å². The van der Waals surface area contributed by atoms with Crippen LogP contribution in [0.3, 0.4) is 0 Å². The van der Waals surface area contributed by atoms with Crippen molar-refractivity contribution >= 4 is 18.1 Å². The number of carbonyl (C=O) groups excluding carboxylic acids is 3. The third-order valence-corrected chi connectivity index (χ3v) is 2.82. The lowest BCUT2D eigenvalue weighted by molar-refractivity contribution is -0.168. The fourth-order valence-corrected chi connectivity index (χ4v) is 1.62. The number of esters is 2. The van der Waals surface area contributed by atoms with Crippen LogP contribution in [-0.2, 0) is 28.5 Å². The zero-order valence-electron chi connectivity index (χ0n) is 13.1. The minimum absolute atomic E-state index is 0.00552. The number of hydrogen-bond acceptors (Lipinski definition) is 7. The van der Waals surface area contributed by atoms with Gasteiger partial charge in [-0.2, -0.15) is 0 Å². The Labute approximate surface area is 129 Å². The molecule has 0 N–H and O–H groups in total. The normalized spacial score (nSPS) is 10.4. The molecular weight excluding hydrogens is 292 g/mol. The second-order valence-electron chi connectivity index (χ2n) is 4.11. The summed E-state index contributed by atoms with van der Waals surface area (Å²) in [6, 6.07) is 0. The Bertz CT molecular complexity index is 466. The van der Waals surface area contributed by atoms with E-state index in [1.165, 1.54) is 33.5 Å². The molecule has 0 amide bonds. The molecule has 0 saturated heterocycles. The van der Waals surface area contributed by atoms with Crippen molar-refractivity contribution in [3.05, 3.63) is 12.2 Å². The minimum atomic E-state index is -1.55. The van der Waals surface area contributed by atoms with Crippen molar-refractivity contribution in [2.45, 2.75) is 19.8 Å². The SMILES string of the molecule is CC#CCC(C/C=C\COC(=O)OC)(C(=O)OC)C(=O)OC.